The van der Waals surface area contributed by atoms with E-state index in [0.717, 1.165) is 12.1 Å². The molecule has 19 heavy (non-hydrogen) atoms. The average Bonchev–Trinajstić information content (AvgIpc) is 2.43. The van der Waals surface area contributed by atoms with Gasteiger partial charge in [-0.1, -0.05) is 48.5 Å². The Morgan fingerprint density at radius 1 is 0.947 bits per heavy atom. The van der Waals surface area contributed by atoms with Crippen LogP contribution >= 0.6 is 0 Å². The largest absolute Gasteiger partial charge is 0.394 e. The Bertz CT molecular complexity index is 502. The van der Waals surface area contributed by atoms with Crippen molar-refractivity contribution in [2.24, 2.45) is 0 Å². The lowest BCUT2D eigenvalue weighted by atomic mass is 10.0. The van der Waals surface area contributed by atoms with Gasteiger partial charge in [0, 0.05) is 6.54 Å². The fourth-order valence-corrected chi connectivity index (χ4v) is 2.33. The predicted molar refractivity (Wildman–Crippen MR) is 79.0 cm³/mol. The van der Waals surface area contributed by atoms with Gasteiger partial charge < -0.3 is 10.4 Å². The molecule has 2 N–H and O–H groups in total. The third-order valence-electron chi connectivity index (χ3n) is 3.55. The monoisotopic (exact) mass is 255 g/mol. The van der Waals surface area contributed by atoms with E-state index in [1.165, 1.54) is 16.7 Å². The summed E-state index contributed by atoms with van der Waals surface area (Å²) in [4.78, 5) is 0. The molecule has 0 aliphatic heterocycles. The average molecular weight is 255 g/mol. The number of hydrogen-bond acceptors (Lipinski definition) is 2. The van der Waals surface area contributed by atoms with E-state index < -0.39 is 0 Å². The van der Waals surface area contributed by atoms with Gasteiger partial charge in [0.2, 0.25) is 0 Å². The highest BCUT2D eigenvalue weighted by Gasteiger charge is 2.10. The minimum absolute atomic E-state index is 0.0137. The van der Waals surface area contributed by atoms with Gasteiger partial charge in [0.15, 0.2) is 0 Å². The molecule has 0 saturated carbocycles. The van der Waals surface area contributed by atoms with Crippen molar-refractivity contribution in [3.8, 4) is 0 Å². The molecule has 0 amide bonds. The van der Waals surface area contributed by atoms with Crippen LogP contribution in [-0.2, 0) is 6.54 Å². The molecule has 2 heteroatoms. The molecule has 0 spiro atoms. The summed E-state index contributed by atoms with van der Waals surface area (Å²) >= 11 is 0. The summed E-state index contributed by atoms with van der Waals surface area (Å²) in [5, 5.41) is 13.0. The maximum absolute atomic E-state index is 9.53. The number of rotatable bonds is 5. The molecule has 0 radical (unpaired) electrons. The molecule has 1 atom stereocenters. The maximum atomic E-state index is 9.53. The Balaban J connectivity index is 2.09. The van der Waals surface area contributed by atoms with E-state index in [1.807, 2.05) is 30.3 Å². The van der Waals surface area contributed by atoms with Crippen LogP contribution in [0.15, 0.2) is 48.5 Å². The van der Waals surface area contributed by atoms with E-state index in [4.69, 9.17) is 0 Å². The van der Waals surface area contributed by atoms with Gasteiger partial charge in [-0.05, 0) is 36.1 Å². The molecule has 0 heterocycles. The third-order valence-corrected chi connectivity index (χ3v) is 3.55. The van der Waals surface area contributed by atoms with E-state index >= 15 is 0 Å². The van der Waals surface area contributed by atoms with Crippen molar-refractivity contribution in [1.82, 2.24) is 5.32 Å². The molecule has 2 aromatic carbocycles. The molecule has 0 aliphatic rings. The Hall–Kier alpha value is -1.64. The molecule has 0 aromatic heterocycles. The normalized spacial score (nSPS) is 12.4. The van der Waals surface area contributed by atoms with Gasteiger partial charge in [0.25, 0.3) is 0 Å². The van der Waals surface area contributed by atoms with Crippen LogP contribution in [0.25, 0.3) is 0 Å². The third kappa shape index (κ3) is 3.43. The number of aliphatic hydroxyl groups is 1. The van der Waals surface area contributed by atoms with Gasteiger partial charge in [0.1, 0.15) is 0 Å². The first-order valence-corrected chi connectivity index (χ1v) is 6.66. The molecular weight excluding hydrogens is 234 g/mol. The van der Waals surface area contributed by atoms with Crippen molar-refractivity contribution >= 4 is 0 Å². The zero-order chi connectivity index (χ0) is 13.7. The second kappa shape index (κ2) is 6.50. The standard InChI is InChI=1S/C17H21NO/c1-13-7-6-8-14(2)16(13)11-18-17(12-19)15-9-4-3-5-10-15/h3-10,17-19H,11-12H2,1-2H3. The van der Waals surface area contributed by atoms with Gasteiger partial charge >= 0.3 is 0 Å². The molecule has 0 fully saturated rings. The number of nitrogens with one attached hydrogen (secondary N) is 1. The molecule has 0 aliphatic carbocycles. The smallest absolute Gasteiger partial charge is 0.0626 e. The lowest BCUT2D eigenvalue weighted by Crippen LogP contribution is -2.24. The van der Waals surface area contributed by atoms with E-state index in [0.29, 0.717) is 0 Å². The second-order valence-corrected chi connectivity index (χ2v) is 4.90. The topological polar surface area (TPSA) is 32.3 Å². The second-order valence-electron chi connectivity index (χ2n) is 4.90. The van der Waals surface area contributed by atoms with Crippen molar-refractivity contribution in [3.63, 3.8) is 0 Å². The van der Waals surface area contributed by atoms with Gasteiger partial charge in [-0.25, -0.2) is 0 Å². The van der Waals surface area contributed by atoms with Gasteiger partial charge in [-0.3, -0.25) is 0 Å². The summed E-state index contributed by atoms with van der Waals surface area (Å²) in [6, 6.07) is 16.4. The lowest BCUT2D eigenvalue weighted by molar-refractivity contribution is 0.243. The predicted octanol–water partition coefficient (Wildman–Crippen LogP) is 3.13. The summed E-state index contributed by atoms with van der Waals surface area (Å²) in [7, 11) is 0. The van der Waals surface area contributed by atoms with Crippen molar-refractivity contribution < 1.29 is 5.11 Å². The van der Waals surface area contributed by atoms with Crippen LogP contribution in [0.4, 0.5) is 0 Å². The highest BCUT2D eigenvalue weighted by molar-refractivity contribution is 5.33. The first kappa shape index (κ1) is 13.8. The zero-order valence-electron chi connectivity index (χ0n) is 11.6. The van der Waals surface area contributed by atoms with E-state index in [2.05, 4.69) is 37.4 Å². The fourth-order valence-electron chi connectivity index (χ4n) is 2.33. The molecular formula is C17H21NO. The zero-order valence-corrected chi connectivity index (χ0v) is 11.6. The number of aryl methyl sites for hydroxylation is 2. The summed E-state index contributed by atoms with van der Waals surface area (Å²) in [6.45, 7) is 5.13. The Morgan fingerprint density at radius 3 is 2.16 bits per heavy atom. The van der Waals surface area contributed by atoms with Crippen LogP contribution in [0.3, 0.4) is 0 Å². The molecule has 2 nitrogen and oxygen atoms in total. The van der Waals surface area contributed by atoms with Crippen LogP contribution in [0.5, 0.6) is 0 Å². The SMILES string of the molecule is Cc1cccc(C)c1CNC(CO)c1ccccc1. The van der Waals surface area contributed by atoms with Crippen LogP contribution in [-0.4, -0.2) is 11.7 Å². The van der Waals surface area contributed by atoms with Crippen LogP contribution < -0.4 is 5.32 Å². The quantitative estimate of drug-likeness (QED) is 0.860. The van der Waals surface area contributed by atoms with Gasteiger partial charge in [0.05, 0.1) is 12.6 Å². The van der Waals surface area contributed by atoms with Crippen LogP contribution in [0.2, 0.25) is 0 Å². The number of hydrogen-bond donors (Lipinski definition) is 2. The molecule has 0 saturated heterocycles. The number of benzene rings is 2. The van der Waals surface area contributed by atoms with Crippen LogP contribution in [0.1, 0.15) is 28.3 Å². The van der Waals surface area contributed by atoms with E-state index in [9.17, 15) is 5.11 Å². The summed E-state index contributed by atoms with van der Waals surface area (Å²) < 4.78 is 0. The molecule has 100 valence electrons. The first-order chi connectivity index (χ1) is 9.22. The lowest BCUT2D eigenvalue weighted by Gasteiger charge is -2.18. The highest BCUT2D eigenvalue weighted by atomic mass is 16.3. The Kier molecular flexibility index (Phi) is 4.72. The van der Waals surface area contributed by atoms with Crippen molar-refractivity contribution in [3.05, 3.63) is 70.8 Å². The minimum Gasteiger partial charge on any atom is -0.394 e. The summed E-state index contributed by atoms with van der Waals surface area (Å²) in [5.41, 5.74) is 5.02. The van der Waals surface area contributed by atoms with E-state index in [1.54, 1.807) is 0 Å². The summed E-state index contributed by atoms with van der Waals surface area (Å²) in [5.74, 6) is 0. The van der Waals surface area contributed by atoms with Gasteiger partial charge in [-0.2, -0.15) is 0 Å². The molecule has 0 bridgehead atoms. The number of aliphatic hydroxyl groups excluding tert-OH is 1. The Labute approximate surface area is 115 Å². The maximum Gasteiger partial charge on any atom is 0.0626 e. The highest BCUT2D eigenvalue weighted by Crippen LogP contribution is 2.16. The van der Waals surface area contributed by atoms with Crippen molar-refractivity contribution in [2.75, 3.05) is 6.61 Å². The van der Waals surface area contributed by atoms with Crippen LogP contribution in [0, 0.1) is 13.8 Å². The van der Waals surface area contributed by atoms with Gasteiger partial charge in [-0.15, -0.1) is 0 Å². The van der Waals surface area contributed by atoms with Crippen molar-refractivity contribution in [2.45, 2.75) is 26.4 Å². The Morgan fingerprint density at radius 2 is 1.58 bits per heavy atom. The first-order valence-electron chi connectivity index (χ1n) is 6.66. The van der Waals surface area contributed by atoms with Crippen molar-refractivity contribution in [1.29, 1.82) is 0 Å². The molecule has 1 unspecified atom stereocenters. The molecule has 2 rings (SSSR count). The van der Waals surface area contributed by atoms with E-state index in [-0.39, 0.29) is 12.6 Å². The summed E-state index contributed by atoms with van der Waals surface area (Å²) in [6.07, 6.45) is 0. The minimum atomic E-state index is -0.0137. The molecule has 2 aromatic rings. The fraction of sp³-hybridized carbons (Fsp3) is 0.294.